The van der Waals surface area contributed by atoms with Gasteiger partial charge < -0.3 is 14.6 Å². The minimum Gasteiger partial charge on any atom is -0.383 e. The van der Waals surface area contributed by atoms with Gasteiger partial charge in [0.1, 0.15) is 0 Å². The van der Waals surface area contributed by atoms with Gasteiger partial charge in [-0.2, -0.15) is 0 Å². The van der Waals surface area contributed by atoms with Crippen LogP contribution in [0.15, 0.2) is 30.5 Å². The van der Waals surface area contributed by atoms with Gasteiger partial charge in [-0.05, 0) is 29.4 Å². The smallest absolute Gasteiger partial charge is 0.0587 e. The minimum absolute atomic E-state index is 0.722. The lowest BCUT2D eigenvalue weighted by atomic mass is 10.1. The molecule has 1 N–H and O–H groups in total. The Bertz CT molecular complexity index is 547. The second kappa shape index (κ2) is 8.20. The van der Waals surface area contributed by atoms with E-state index in [9.17, 15) is 0 Å². The zero-order valence-electron chi connectivity index (χ0n) is 13.6. The molecule has 3 heteroatoms. The van der Waals surface area contributed by atoms with E-state index in [1.54, 1.807) is 7.11 Å². The summed E-state index contributed by atoms with van der Waals surface area (Å²) in [5, 5.41) is 4.79. The van der Waals surface area contributed by atoms with Crippen molar-refractivity contribution in [2.24, 2.45) is 5.92 Å². The van der Waals surface area contributed by atoms with E-state index in [1.165, 1.54) is 29.3 Å². The summed E-state index contributed by atoms with van der Waals surface area (Å²) in [4.78, 5) is 0. The summed E-state index contributed by atoms with van der Waals surface area (Å²) in [7, 11) is 1.74. The van der Waals surface area contributed by atoms with E-state index < -0.39 is 0 Å². The molecule has 1 unspecified atom stereocenters. The third kappa shape index (κ3) is 4.32. The van der Waals surface area contributed by atoms with Crippen molar-refractivity contribution in [1.29, 1.82) is 0 Å². The van der Waals surface area contributed by atoms with E-state index in [0.717, 1.165) is 32.2 Å². The molecule has 2 rings (SSSR count). The van der Waals surface area contributed by atoms with Gasteiger partial charge in [-0.25, -0.2) is 0 Å². The number of benzene rings is 1. The lowest BCUT2D eigenvalue weighted by Crippen LogP contribution is -2.19. The molecule has 0 fully saturated rings. The zero-order valence-corrected chi connectivity index (χ0v) is 13.6. The minimum atomic E-state index is 0.722. The van der Waals surface area contributed by atoms with Crippen LogP contribution in [0.3, 0.4) is 0 Å². The van der Waals surface area contributed by atoms with Crippen LogP contribution < -0.4 is 5.32 Å². The first kappa shape index (κ1) is 16.1. The lowest BCUT2D eigenvalue weighted by molar-refractivity contribution is 0.199. The van der Waals surface area contributed by atoms with Crippen LogP contribution in [0.25, 0.3) is 10.9 Å². The van der Waals surface area contributed by atoms with E-state index >= 15 is 0 Å². The number of hydrogen-bond acceptors (Lipinski definition) is 2. The molecule has 0 spiro atoms. The van der Waals surface area contributed by atoms with Gasteiger partial charge in [0.15, 0.2) is 0 Å². The Hall–Kier alpha value is -1.32. The largest absolute Gasteiger partial charge is 0.383 e. The number of rotatable bonds is 9. The molecule has 2 aromatic rings. The highest BCUT2D eigenvalue weighted by Crippen LogP contribution is 2.22. The predicted octanol–water partition coefficient (Wildman–Crippen LogP) is 3.81. The average Bonchev–Trinajstić information content (AvgIpc) is 2.88. The maximum absolute atomic E-state index is 5.09. The molecule has 3 nitrogen and oxygen atoms in total. The highest BCUT2D eigenvalue weighted by atomic mass is 16.5. The van der Waals surface area contributed by atoms with Gasteiger partial charge in [0.25, 0.3) is 0 Å². The number of para-hydroxylation sites is 1. The Labute approximate surface area is 128 Å². The number of nitrogens with zero attached hydrogens (tertiary/aromatic N) is 1. The number of methoxy groups -OCH3 is 1. The normalized spacial score (nSPS) is 12.9. The summed E-state index contributed by atoms with van der Waals surface area (Å²) in [6.45, 7) is 8.24. The molecule has 1 aromatic heterocycles. The van der Waals surface area contributed by atoms with Crippen LogP contribution in [0.2, 0.25) is 0 Å². The molecular weight excluding hydrogens is 260 g/mol. The van der Waals surface area contributed by atoms with Gasteiger partial charge >= 0.3 is 0 Å². The molecule has 0 amide bonds. The summed E-state index contributed by atoms with van der Waals surface area (Å²) >= 11 is 0. The molecule has 1 aromatic carbocycles. The van der Waals surface area contributed by atoms with Crippen LogP contribution >= 0.6 is 0 Å². The topological polar surface area (TPSA) is 26.2 Å². The van der Waals surface area contributed by atoms with Crippen molar-refractivity contribution in [3.05, 3.63) is 36.0 Å². The fraction of sp³-hybridized carbons (Fsp3) is 0.556. The van der Waals surface area contributed by atoms with Crippen molar-refractivity contribution in [3.63, 3.8) is 0 Å². The van der Waals surface area contributed by atoms with Gasteiger partial charge in [0, 0.05) is 32.9 Å². The van der Waals surface area contributed by atoms with Crippen molar-refractivity contribution in [2.45, 2.75) is 39.8 Å². The first-order chi connectivity index (χ1) is 10.3. The first-order valence-corrected chi connectivity index (χ1v) is 8.02. The lowest BCUT2D eigenvalue weighted by Gasteiger charge is -2.15. The monoisotopic (exact) mass is 288 g/mol. The second-order valence-corrected chi connectivity index (χ2v) is 5.89. The Morgan fingerprint density at radius 3 is 2.90 bits per heavy atom. The Balaban J connectivity index is 2.14. The number of aromatic nitrogens is 1. The van der Waals surface area contributed by atoms with Gasteiger partial charge in [-0.1, -0.05) is 38.5 Å². The highest BCUT2D eigenvalue weighted by Gasteiger charge is 2.09. The van der Waals surface area contributed by atoms with Gasteiger partial charge in [0.2, 0.25) is 0 Å². The Morgan fingerprint density at radius 2 is 2.14 bits per heavy atom. The van der Waals surface area contributed by atoms with Crippen LogP contribution in [0.1, 0.15) is 32.3 Å². The molecule has 0 saturated heterocycles. The Morgan fingerprint density at radius 1 is 1.29 bits per heavy atom. The number of nitrogens with one attached hydrogen (secondary N) is 1. The second-order valence-electron chi connectivity index (χ2n) is 5.89. The molecule has 0 radical (unpaired) electrons. The molecule has 0 aliphatic rings. The third-order valence-corrected chi connectivity index (χ3v) is 3.96. The van der Waals surface area contributed by atoms with Crippen molar-refractivity contribution in [2.75, 3.05) is 20.3 Å². The summed E-state index contributed by atoms with van der Waals surface area (Å²) in [5.41, 5.74) is 2.75. The summed E-state index contributed by atoms with van der Waals surface area (Å²) in [6, 6.07) is 8.81. The predicted molar refractivity (Wildman–Crippen MR) is 89.6 cm³/mol. The zero-order chi connectivity index (χ0) is 15.1. The van der Waals surface area contributed by atoms with E-state index in [1.807, 2.05) is 0 Å². The quantitative estimate of drug-likeness (QED) is 0.710. The van der Waals surface area contributed by atoms with Crippen LogP contribution in [-0.2, 0) is 17.8 Å². The molecule has 116 valence electrons. The van der Waals surface area contributed by atoms with Crippen LogP contribution in [0.4, 0.5) is 0 Å². The molecule has 0 aliphatic carbocycles. The van der Waals surface area contributed by atoms with E-state index in [4.69, 9.17) is 4.74 Å². The van der Waals surface area contributed by atoms with Crippen molar-refractivity contribution in [3.8, 4) is 0 Å². The number of fused-ring (bicyclic) bond motifs is 1. The third-order valence-electron chi connectivity index (χ3n) is 3.96. The Kier molecular flexibility index (Phi) is 6.27. The molecular formula is C18H28N2O. The van der Waals surface area contributed by atoms with Crippen molar-refractivity contribution < 1.29 is 4.74 Å². The molecule has 0 saturated carbocycles. The van der Waals surface area contributed by atoms with Gasteiger partial charge in [-0.15, -0.1) is 0 Å². The number of ether oxygens (including phenoxy) is 1. The van der Waals surface area contributed by atoms with Crippen molar-refractivity contribution in [1.82, 2.24) is 9.88 Å². The van der Waals surface area contributed by atoms with Gasteiger partial charge in [0.05, 0.1) is 12.1 Å². The summed E-state index contributed by atoms with van der Waals surface area (Å²) in [6.07, 6.45) is 4.77. The molecule has 1 heterocycles. The molecule has 21 heavy (non-hydrogen) atoms. The van der Waals surface area contributed by atoms with E-state index in [-0.39, 0.29) is 0 Å². The standard InChI is InChI=1S/C18H28N2O/c1-4-6-15(2)14-20-11-9-16-7-5-8-17(18(16)20)13-19-10-12-21-3/h5,7-9,11,15,19H,4,6,10,12-14H2,1-3H3. The molecule has 1 atom stereocenters. The van der Waals surface area contributed by atoms with E-state index in [2.05, 4.69) is 54.2 Å². The van der Waals surface area contributed by atoms with Crippen LogP contribution in [-0.4, -0.2) is 24.8 Å². The van der Waals surface area contributed by atoms with Gasteiger partial charge in [-0.3, -0.25) is 0 Å². The summed E-state index contributed by atoms with van der Waals surface area (Å²) in [5.74, 6) is 0.722. The molecule has 0 aliphatic heterocycles. The molecule has 0 bridgehead atoms. The average molecular weight is 288 g/mol. The maximum Gasteiger partial charge on any atom is 0.0587 e. The first-order valence-electron chi connectivity index (χ1n) is 8.02. The SMILES string of the molecule is CCCC(C)Cn1ccc2cccc(CNCCOC)c21. The van der Waals surface area contributed by atoms with Crippen molar-refractivity contribution >= 4 is 10.9 Å². The van der Waals surface area contributed by atoms with E-state index in [0.29, 0.717) is 0 Å². The van der Waals surface area contributed by atoms with Crippen LogP contribution in [0, 0.1) is 5.92 Å². The highest BCUT2D eigenvalue weighted by molar-refractivity contribution is 5.83. The fourth-order valence-corrected chi connectivity index (χ4v) is 2.95. The summed E-state index contributed by atoms with van der Waals surface area (Å²) < 4.78 is 7.51. The van der Waals surface area contributed by atoms with Crippen LogP contribution in [0.5, 0.6) is 0 Å². The fourth-order valence-electron chi connectivity index (χ4n) is 2.95. The number of hydrogen-bond donors (Lipinski definition) is 1. The maximum atomic E-state index is 5.09.